The van der Waals surface area contributed by atoms with Gasteiger partial charge in [0.2, 0.25) is 0 Å². The maximum Gasteiger partial charge on any atom is 0.254 e. The first-order chi connectivity index (χ1) is 12.1. The fourth-order valence-electron chi connectivity index (χ4n) is 2.31. The standard InChI is InChI=1S/C18H23FN4OS/c1-20-18(23(2)12-9-14-6-5-13-25-14)22-11-10-21-17(24)15-7-3-4-8-16(15)19/h3-8,13H,9-12H2,1-2H3,(H,20,22)(H,21,24). The third-order valence-corrected chi connectivity index (χ3v) is 4.60. The third-order valence-electron chi connectivity index (χ3n) is 3.66. The van der Waals surface area contributed by atoms with Crippen molar-refractivity contribution < 1.29 is 9.18 Å². The Hall–Kier alpha value is -2.41. The van der Waals surface area contributed by atoms with Gasteiger partial charge in [-0.05, 0) is 30.0 Å². The number of thiophene rings is 1. The Labute approximate surface area is 151 Å². The zero-order chi connectivity index (χ0) is 18.1. The summed E-state index contributed by atoms with van der Waals surface area (Å²) in [6, 6.07) is 10.1. The molecule has 0 spiro atoms. The van der Waals surface area contributed by atoms with E-state index in [-0.39, 0.29) is 5.56 Å². The third kappa shape index (κ3) is 5.86. The SMILES string of the molecule is CN=C(NCCNC(=O)c1ccccc1F)N(C)CCc1cccs1. The van der Waals surface area contributed by atoms with Crippen molar-refractivity contribution in [2.45, 2.75) is 6.42 Å². The summed E-state index contributed by atoms with van der Waals surface area (Å²) in [5.41, 5.74) is 0.0555. The largest absolute Gasteiger partial charge is 0.354 e. The van der Waals surface area contributed by atoms with E-state index in [2.05, 4.69) is 27.1 Å². The molecule has 2 aromatic rings. The fraction of sp³-hybridized carbons (Fsp3) is 0.333. The molecule has 0 aliphatic carbocycles. The Morgan fingerprint density at radius 3 is 2.64 bits per heavy atom. The summed E-state index contributed by atoms with van der Waals surface area (Å²) in [6.07, 6.45) is 0.957. The highest BCUT2D eigenvalue weighted by Crippen LogP contribution is 2.09. The van der Waals surface area contributed by atoms with Crippen LogP contribution in [0.15, 0.2) is 46.8 Å². The van der Waals surface area contributed by atoms with Gasteiger partial charge in [-0.25, -0.2) is 4.39 Å². The lowest BCUT2D eigenvalue weighted by atomic mass is 10.2. The molecule has 2 rings (SSSR count). The second-order valence-corrected chi connectivity index (χ2v) is 6.49. The van der Waals surface area contributed by atoms with Crippen LogP contribution in [0.2, 0.25) is 0 Å². The number of hydrogen-bond acceptors (Lipinski definition) is 3. The summed E-state index contributed by atoms with van der Waals surface area (Å²) in [6.45, 7) is 1.74. The van der Waals surface area contributed by atoms with E-state index in [1.807, 2.05) is 18.0 Å². The Morgan fingerprint density at radius 2 is 1.96 bits per heavy atom. The monoisotopic (exact) mass is 362 g/mol. The van der Waals surface area contributed by atoms with Crippen LogP contribution in [0.3, 0.4) is 0 Å². The van der Waals surface area contributed by atoms with Crippen molar-refractivity contribution in [1.29, 1.82) is 0 Å². The Morgan fingerprint density at radius 1 is 1.20 bits per heavy atom. The molecule has 2 N–H and O–H groups in total. The molecule has 1 aromatic heterocycles. The Kier molecular flexibility index (Phi) is 7.40. The molecule has 0 unspecified atom stereocenters. The van der Waals surface area contributed by atoms with Crippen molar-refractivity contribution in [2.24, 2.45) is 4.99 Å². The van der Waals surface area contributed by atoms with Crippen LogP contribution in [0, 0.1) is 5.82 Å². The number of carbonyl (C=O) groups is 1. The number of hydrogen-bond donors (Lipinski definition) is 2. The molecule has 0 aliphatic rings. The van der Waals surface area contributed by atoms with E-state index in [9.17, 15) is 9.18 Å². The van der Waals surface area contributed by atoms with E-state index >= 15 is 0 Å². The first-order valence-corrected chi connectivity index (χ1v) is 8.96. The number of benzene rings is 1. The lowest BCUT2D eigenvalue weighted by Crippen LogP contribution is -2.43. The highest BCUT2D eigenvalue weighted by molar-refractivity contribution is 7.09. The van der Waals surface area contributed by atoms with E-state index in [4.69, 9.17) is 0 Å². The van der Waals surface area contributed by atoms with Crippen LogP contribution in [0.4, 0.5) is 4.39 Å². The minimum atomic E-state index is -0.517. The average Bonchev–Trinajstić information content (AvgIpc) is 3.13. The second-order valence-electron chi connectivity index (χ2n) is 5.46. The number of nitrogens with one attached hydrogen (secondary N) is 2. The molecule has 0 bridgehead atoms. The van der Waals surface area contributed by atoms with Gasteiger partial charge in [0, 0.05) is 38.6 Å². The van der Waals surface area contributed by atoms with Gasteiger partial charge in [-0.1, -0.05) is 18.2 Å². The molecule has 7 heteroatoms. The molecule has 0 fully saturated rings. The zero-order valence-electron chi connectivity index (χ0n) is 14.5. The molecule has 0 atom stereocenters. The molecule has 0 saturated heterocycles. The number of guanidine groups is 1. The number of nitrogens with zero attached hydrogens (tertiary/aromatic N) is 2. The normalized spacial score (nSPS) is 11.2. The Bertz CT molecular complexity index is 703. The molecule has 0 aliphatic heterocycles. The van der Waals surface area contributed by atoms with E-state index in [1.165, 1.54) is 17.0 Å². The van der Waals surface area contributed by atoms with Crippen molar-refractivity contribution in [1.82, 2.24) is 15.5 Å². The van der Waals surface area contributed by atoms with Crippen LogP contribution < -0.4 is 10.6 Å². The first-order valence-electron chi connectivity index (χ1n) is 8.08. The van der Waals surface area contributed by atoms with Crippen molar-refractivity contribution in [3.05, 3.63) is 58.0 Å². The average molecular weight is 362 g/mol. The van der Waals surface area contributed by atoms with Gasteiger partial charge in [-0.15, -0.1) is 11.3 Å². The van der Waals surface area contributed by atoms with Gasteiger partial charge >= 0.3 is 0 Å². The lowest BCUT2D eigenvalue weighted by Gasteiger charge is -2.22. The van der Waals surface area contributed by atoms with Gasteiger partial charge in [0.1, 0.15) is 5.82 Å². The van der Waals surface area contributed by atoms with Gasteiger partial charge in [0.05, 0.1) is 5.56 Å². The topological polar surface area (TPSA) is 56.7 Å². The molecular formula is C18H23FN4OS. The number of rotatable bonds is 7. The number of carbonyl (C=O) groups excluding carboxylic acids is 1. The summed E-state index contributed by atoms with van der Waals surface area (Å²) in [7, 11) is 3.70. The van der Waals surface area contributed by atoms with E-state index in [1.54, 1.807) is 30.5 Å². The van der Waals surface area contributed by atoms with Gasteiger partial charge in [-0.2, -0.15) is 0 Å². The van der Waals surface area contributed by atoms with Crippen LogP contribution in [0.25, 0.3) is 0 Å². The molecular weight excluding hydrogens is 339 g/mol. The van der Waals surface area contributed by atoms with Crippen molar-refractivity contribution in [2.75, 3.05) is 33.7 Å². The van der Waals surface area contributed by atoms with Crippen molar-refractivity contribution in [3.63, 3.8) is 0 Å². The van der Waals surface area contributed by atoms with Crippen molar-refractivity contribution in [3.8, 4) is 0 Å². The van der Waals surface area contributed by atoms with E-state index in [0.29, 0.717) is 13.1 Å². The molecule has 5 nitrogen and oxygen atoms in total. The molecule has 1 amide bonds. The predicted octanol–water partition coefficient (Wildman–Crippen LogP) is 2.37. The molecule has 25 heavy (non-hydrogen) atoms. The number of likely N-dealkylation sites (N-methyl/N-ethyl adjacent to an activating group) is 1. The highest BCUT2D eigenvalue weighted by atomic mass is 32.1. The van der Waals surface area contributed by atoms with Crippen LogP contribution in [-0.2, 0) is 6.42 Å². The number of aliphatic imine (C=N–C) groups is 1. The van der Waals surface area contributed by atoms with Gasteiger partial charge in [-0.3, -0.25) is 9.79 Å². The maximum atomic E-state index is 13.5. The maximum absolute atomic E-state index is 13.5. The quantitative estimate of drug-likeness (QED) is 0.452. The van der Waals surface area contributed by atoms with E-state index < -0.39 is 11.7 Å². The summed E-state index contributed by atoms with van der Waals surface area (Å²) >= 11 is 1.74. The van der Waals surface area contributed by atoms with Crippen LogP contribution in [0.5, 0.6) is 0 Å². The molecule has 134 valence electrons. The Balaban J connectivity index is 1.72. The van der Waals surface area contributed by atoms with E-state index in [0.717, 1.165) is 18.9 Å². The fourth-order valence-corrected chi connectivity index (χ4v) is 3.01. The first kappa shape index (κ1) is 18.9. The lowest BCUT2D eigenvalue weighted by molar-refractivity contribution is 0.0950. The summed E-state index contributed by atoms with van der Waals surface area (Å²) in [5.74, 6) is -0.172. The van der Waals surface area contributed by atoms with Gasteiger partial charge in [0.25, 0.3) is 5.91 Å². The predicted molar refractivity (Wildman–Crippen MR) is 101 cm³/mol. The van der Waals surface area contributed by atoms with Crippen LogP contribution >= 0.6 is 11.3 Å². The van der Waals surface area contributed by atoms with Gasteiger partial charge in [0.15, 0.2) is 5.96 Å². The zero-order valence-corrected chi connectivity index (χ0v) is 15.3. The molecule has 0 radical (unpaired) electrons. The number of amides is 1. The minimum Gasteiger partial charge on any atom is -0.354 e. The van der Waals surface area contributed by atoms with Crippen LogP contribution in [0.1, 0.15) is 15.2 Å². The number of halogens is 1. The van der Waals surface area contributed by atoms with Crippen LogP contribution in [-0.4, -0.2) is 50.5 Å². The smallest absolute Gasteiger partial charge is 0.254 e. The molecule has 1 aromatic carbocycles. The van der Waals surface area contributed by atoms with Gasteiger partial charge < -0.3 is 15.5 Å². The molecule has 0 saturated carbocycles. The highest BCUT2D eigenvalue weighted by Gasteiger charge is 2.10. The minimum absolute atomic E-state index is 0.0555. The van der Waals surface area contributed by atoms with Crippen molar-refractivity contribution >= 4 is 23.2 Å². The summed E-state index contributed by atoms with van der Waals surface area (Å²) in [4.78, 5) is 19.5. The summed E-state index contributed by atoms with van der Waals surface area (Å²) < 4.78 is 13.5. The summed E-state index contributed by atoms with van der Waals surface area (Å²) in [5, 5.41) is 7.96. The molecule has 1 heterocycles. The second kappa shape index (κ2) is 9.78.